The number of halogens is 6. The van der Waals surface area contributed by atoms with E-state index in [0.29, 0.717) is 37.8 Å². The number of imidazole rings is 1. The summed E-state index contributed by atoms with van der Waals surface area (Å²) in [5.41, 5.74) is -0.614. The van der Waals surface area contributed by atoms with E-state index in [-0.39, 0.29) is 26.6 Å². The Bertz CT molecular complexity index is 2140. The van der Waals surface area contributed by atoms with Crippen LogP contribution in [0, 0.1) is 13.8 Å². The largest absolute Gasteiger partial charge is 0.507 e. The van der Waals surface area contributed by atoms with Gasteiger partial charge in [-0.1, -0.05) is 42.5 Å². The summed E-state index contributed by atoms with van der Waals surface area (Å²) in [5.74, 6) is -15.9. The fourth-order valence-corrected chi connectivity index (χ4v) is 7.79. The quantitative estimate of drug-likeness (QED) is 0.188. The Hall–Kier alpha value is -4.35. The number of nitrogens with zero attached hydrogens (tertiary/aromatic N) is 2. The fraction of sp³-hybridized carbons (Fsp3) is 0.147. The minimum Gasteiger partial charge on any atom is -0.507 e. The van der Waals surface area contributed by atoms with Gasteiger partial charge in [0.2, 0.25) is 0 Å². The van der Waals surface area contributed by atoms with Crippen molar-refractivity contribution in [3.05, 3.63) is 112 Å². The molecule has 0 spiro atoms. The predicted molar refractivity (Wildman–Crippen MR) is 166 cm³/mol. The Labute approximate surface area is 261 Å². The number of aromatic nitrogens is 2. The number of rotatable bonds is 5. The van der Waals surface area contributed by atoms with Gasteiger partial charge in [-0.25, -0.2) is 4.98 Å². The van der Waals surface area contributed by atoms with Crippen molar-refractivity contribution >= 4 is 39.5 Å². The van der Waals surface area contributed by atoms with Crippen molar-refractivity contribution in [1.29, 1.82) is 0 Å². The zero-order chi connectivity index (χ0) is 31.9. The highest BCUT2D eigenvalue weighted by Gasteiger charge is 2.80. The van der Waals surface area contributed by atoms with Crippen LogP contribution in [0.5, 0.6) is 5.75 Å². The summed E-state index contributed by atoms with van der Waals surface area (Å²) in [6.45, 7) is 2.93. The molecule has 0 unspecified atom stereocenters. The normalized spacial score (nSPS) is 17.0. The lowest BCUT2D eigenvalue weighted by Gasteiger charge is -2.25. The summed E-state index contributed by atoms with van der Waals surface area (Å²) in [5, 5.41) is 10.2. The third-order valence-electron chi connectivity index (χ3n) is 8.01. The lowest BCUT2D eigenvalue weighted by atomic mass is 9.94. The van der Waals surface area contributed by atoms with Gasteiger partial charge in [0, 0.05) is 54.2 Å². The van der Waals surface area contributed by atoms with Gasteiger partial charge in [0.25, 0.3) is 0 Å². The second kappa shape index (κ2) is 10.1. The number of hydrogen-bond acceptors (Lipinski definition) is 4. The summed E-state index contributed by atoms with van der Waals surface area (Å²) in [6, 6.07) is 21.4. The number of aromatic hydroxyl groups is 1. The zero-order valence-corrected chi connectivity index (χ0v) is 25.2. The molecule has 0 amide bonds. The van der Waals surface area contributed by atoms with Gasteiger partial charge < -0.3 is 9.51 Å². The first kappa shape index (κ1) is 29.4. The van der Waals surface area contributed by atoms with Crippen molar-refractivity contribution in [3.8, 4) is 37.9 Å². The molecule has 4 heterocycles. The number of para-hydroxylation sites is 1. The Balaban J connectivity index is 1.38. The Kier molecular flexibility index (Phi) is 6.58. The maximum atomic E-state index is 15.6. The van der Waals surface area contributed by atoms with Crippen molar-refractivity contribution in [2.75, 3.05) is 0 Å². The Morgan fingerprint density at radius 1 is 0.644 bits per heavy atom. The van der Waals surface area contributed by atoms with E-state index >= 15 is 26.3 Å². The molecule has 1 aliphatic carbocycles. The number of fused-ring (bicyclic) bond motifs is 1. The Morgan fingerprint density at radius 3 is 1.80 bits per heavy atom. The van der Waals surface area contributed by atoms with Crippen molar-refractivity contribution in [2.24, 2.45) is 0 Å². The third kappa shape index (κ3) is 4.35. The molecule has 0 bridgehead atoms. The van der Waals surface area contributed by atoms with Gasteiger partial charge in [0.15, 0.2) is 0 Å². The van der Waals surface area contributed by atoms with E-state index in [9.17, 15) is 5.11 Å². The first-order chi connectivity index (χ1) is 21.3. The summed E-state index contributed by atoms with van der Waals surface area (Å²) in [6.07, 6.45) is 3.37. The molecule has 0 saturated heterocycles. The molecule has 228 valence electrons. The van der Waals surface area contributed by atoms with Gasteiger partial charge in [-0.2, -0.15) is 26.3 Å². The van der Waals surface area contributed by atoms with Crippen LogP contribution in [-0.2, 0) is 0 Å². The maximum Gasteiger partial charge on any atom is 0.380 e. The number of phenolic OH excluding ortho intramolecular Hbond substituents is 1. The van der Waals surface area contributed by atoms with Crippen LogP contribution in [0.3, 0.4) is 0 Å². The van der Waals surface area contributed by atoms with Gasteiger partial charge in [-0.15, -0.1) is 22.7 Å². The number of aryl methyl sites for hydroxylation is 2. The Morgan fingerprint density at radius 2 is 1.20 bits per heavy atom. The van der Waals surface area contributed by atoms with E-state index in [0.717, 1.165) is 22.7 Å². The zero-order valence-electron chi connectivity index (χ0n) is 23.6. The molecule has 0 saturated carbocycles. The van der Waals surface area contributed by atoms with Gasteiger partial charge in [0.05, 0.1) is 5.69 Å². The number of alkyl halides is 6. The molecule has 0 atom stereocenters. The molecule has 0 fully saturated rings. The molecule has 7 rings (SSSR count). The number of allylic oxidation sites excluding steroid dienone is 2. The first-order valence-corrected chi connectivity index (χ1v) is 15.4. The topological polar surface area (TPSA) is 37.5 Å². The first-order valence-electron chi connectivity index (χ1n) is 13.7. The summed E-state index contributed by atoms with van der Waals surface area (Å²) < 4.78 is 94.3. The van der Waals surface area contributed by atoms with E-state index in [1.807, 2.05) is 0 Å². The molecule has 0 aliphatic heterocycles. The molecule has 0 radical (unpaired) electrons. The number of phenols is 1. The number of pyridine rings is 1. The van der Waals surface area contributed by atoms with Crippen LogP contribution in [0.1, 0.15) is 20.9 Å². The molecule has 45 heavy (non-hydrogen) atoms. The van der Waals surface area contributed by atoms with E-state index in [2.05, 4.69) is 4.98 Å². The van der Waals surface area contributed by atoms with Crippen molar-refractivity contribution < 1.29 is 31.4 Å². The highest BCUT2D eigenvalue weighted by Crippen LogP contribution is 2.66. The van der Waals surface area contributed by atoms with Crippen molar-refractivity contribution in [3.63, 3.8) is 0 Å². The summed E-state index contributed by atoms with van der Waals surface area (Å²) in [4.78, 5) is 5.88. The second-order valence-corrected chi connectivity index (χ2v) is 13.3. The van der Waals surface area contributed by atoms with Gasteiger partial charge >= 0.3 is 17.8 Å². The standard InChI is InChI=1S/C34H22F6N2OS2/c1-18-23(14-27(44-18)20-8-4-3-5-9-20)30-31(33(37,38)34(39,40)32(30,35)36)24-15-28(45-19(24)2)21-12-13-29-41-25(17-42(29)16-21)22-10-6-7-11-26(22)43/h3-17,43H,1-2H3. The van der Waals surface area contributed by atoms with E-state index in [1.54, 1.807) is 77.5 Å². The molecule has 3 nitrogen and oxygen atoms in total. The van der Waals surface area contributed by atoms with Crippen molar-refractivity contribution in [2.45, 2.75) is 31.6 Å². The molecular formula is C34H22F6N2OS2. The summed E-state index contributed by atoms with van der Waals surface area (Å²) in [7, 11) is 0. The molecule has 2 aromatic carbocycles. The highest BCUT2D eigenvalue weighted by molar-refractivity contribution is 7.16. The maximum absolute atomic E-state index is 15.6. The van der Waals surface area contributed by atoms with Gasteiger partial charge in [-0.3, -0.25) is 0 Å². The SMILES string of the molecule is Cc1sc(-c2ccccc2)cc1C1=C(c2cc(-c3ccc4nc(-c5ccccc5O)cn4c3)sc2C)C(F)(F)C(F)(F)C1(F)F. The third-order valence-corrected chi connectivity index (χ3v) is 10.2. The average Bonchev–Trinajstić information content (AvgIpc) is 3.73. The lowest BCUT2D eigenvalue weighted by molar-refractivity contribution is -0.254. The lowest BCUT2D eigenvalue weighted by Crippen LogP contribution is -2.48. The average molecular weight is 653 g/mol. The van der Waals surface area contributed by atoms with E-state index in [4.69, 9.17) is 0 Å². The molecular weight excluding hydrogens is 631 g/mol. The minimum absolute atomic E-state index is 0.0478. The monoisotopic (exact) mass is 652 g/mol. The smallest absolute Gasteiger partial charge is 0.380 e. The van der Waals surface area contributed by atoms with Crippen LogP contribution < -0.4 is 0 Å². The van der Waals surface area contributed by atoms with Crippen LogP contribution in [0.4, 0.5) is 26.3 Å². The molecule has 1 N–H and O–H groups in total. The number of benzene rings is 2. The molecule has 6 aromatic rings. The minimum atomic E-state index is -5.64. The van der Waals surface area contributed by atoms with Crippen LogP contribution in [-0.4, -0.2) is 32.3 Å². The fourth-order valence-electron chi connectivity index (χ4n) is 5.74. The number of hydrogen-bond donors (Lipinski definition) is 1. The molecule has 11 heteroatoms. The van der Waals surface area contributed by atoms with Crippen LogP contribution in [0.25, 0.3) is 48.9 Å². The second-order valence-electron chi connectivity index (χ2n) is 10.8. The van der Waals surface area contributed by atoms with Gasteiger partial charge in [-0.05, 0) is 66.9 Å². The molecule has 4 aromatic heterocycles. The molecule has 1 aliphatic rings. The van der Waals surface area contributed by atoms with E-state index < -0.39 is 28.9 Å². The van der Waals surface area contributed by atoms with Crippen LogP contribution in [0.2, 0.25) is 0 Å². The number of thiophene rings is 2. The van der Waals surface area contributed by atoms with Crippen LogP contribution >= 0.6 is 22.7 Å². The van der Waals surface area contributed by atoms with Gasteiger partial charge in [0.1, 0.15) is 11.4 Å². The van der Waals surface area contributed by atoms with Crippen LogP contribution in [0.15, 0.2) is 91.3 Å². The predicted octanol–water partition coefficient (Wildman–Crippen LogP) is 10.6. The van der Waals surface area contributed by atoms with Crippen molar-refractivity contribution in [1.82, 2.24) is 9.38 Å². The highest BCUT2D eigenvalue weighted by atomic mass is 32.1. The summed E-state index contributed by atoms with van der Waals surface area (Å²) >= 11 is 2.13. The van der Waals surface area contributed by atoms with E-state index in [1.165, 1.54) is 32.0 Å².